The van der Waals surface area contributed by atoms with Gasteiger partial charge in [-0.15, -0.1) is 0 Å². The molecular weight excluding hydrogens is 190 g/mol. The Hall–Kier alpha value is -0.570. The van der Waals surface area contributed by atoms with Gasteiger partial charge in [-0.2, -0.15) is 0 Å². The highest BCUT2D eigenvalue weighted by molar-refractivity contribution is 5.69. The molecule has 0 aromatic heterocycles. The van der Waals surface area contributed by atoms with Crippen molar-refractivity contribution in [3.8, 4) is 0 Å². The summed E-state index contributed by atoms with van der Waals surface area (Å²) in [5.74, 6) is -0.717. The molecule has 0 heterocycles. The summed E-state index contributed by atoms with van der Waals surface area (Å²) in [4.78, 5) is 12.7. The summed E-state index contributed by atoms with van der Waals surface area (Å²) in [6.07, 6.45) is 5.81. The third kappa shape index (κ3) is 7.37. The molecule has 1 unspecified atom stereocenters. The summed E-state index contributed by atoms with van der Waals surface area (Å²) >= 11 is 0. The van der Waals surface area contributed by atoms with Gasteiger partial charge in [0.25, 0.3) is 0 Å². The zero-order valence-electron chi connectivity index (χ0n) is 10.3. The Kier molecular flexibility index (Phi) is 8.38. The van der Waals surface area contributed by atoms with E-state index in [9.17, 15) is 4.79 Å². The van der Waals surface area contributed by atoms with Crippen LogP contribution in [0.15, 0.2) is 0 Å². The maximum absolute atomic E-state index is 10.7. The van der Waals surface area contributed by atoms with Crippen LogP contribution in [0.25, 0.3) is 0 Å². The SMILES string of the molecule is CCCCCC(C)N(CCC)CC(=O)O. The molecule has 90 valence electrons. The van der Waals surface area contributed by atoms with Crippen LogP contribution in [0.4, 0.5) is 0 Å². The van der Waals surface area contributed by atoms with Crippen LogP contribution in [0.2, 0.25) is 0 Å². The molecule has 0 aliphatic carbocycles. The van der Waals surface area contributed by atoms with Gasteiger partial charge in [0, 0.05) is 6.04 Å². The summed E-state index contributed by atoms with van der Waals surface area (Å²) in [5, 5.41) is 8.79. The van der Waals surface area contributed by atoms with E-state index in [-0.39, 0.29) is 6.54 Å². The Bertz CT molecular complexity index is 171. The highest BCUT2D eigenvalue weighted by Crippen LogP contribution is 2.10. The number of unbranched alkanes of at least 4 members (excludes halogenated alkanes) is 2. The lowest BCUT2D eigenvalue weighted by molar-refractivity contribution is -0.138. The standard InChI is InChI=1S/C12H25NO2/c1-4-6-7-8-11(3)13(9-5-2)10-12(14)15/h11H,4-10H2,1-3H3,(H,14,15). The van der Waals surface area contributed by atoms with Crippen LogP contribution in [0.5, 0.6) is 0 Å². The average molecular weight is 215 g/mol. The molecule has 0 fully saturated rings. The molecule has 0 aliphatic heterocycles. The number of carboxylic acid groups (broad SMARTS) is 1. The number of hydrogen-bond donors (Lipinski definition) is 1. The topological polar surface area (TPSA) is 40.5 Å². The average Bonchev–Trinajstić information content (AvgIpc) is 2.17. The monoisotopic (exact) mass is 215 g/mol. The fraction of sp³-hybridized carbons (Fsp3) is 0.917. The van der Waals surface area contributed by atoms with Gasteiger partial charge < -0.3 is 5.11 Å². The molecular formula is C12H25NO2. The Labute approximate surface area is 93.5 Å². The van der Waals surface area contributed by atoms with E-state index in [1.54, 1.807) is 0 Å². The predicted octanol–water partition coefficient (Wildman–Crippen LogP) is 2.75. The molecule has 0 amide bonds. The van der Waals surface area contributed by atoms with Crippen LogP contribution in [0, 0.1) is 0 Å². The van der Waals surface area contributed by atoms with Crippen molar-refractivity contribution in [3.05, 3.63) is 0 Å². The summed E-state index contributed by atoms with van der Waals surface area (Å²) in [7, 11) is 0. The van der Waals surface area contributed by atoms with Gasteiger partial charge in [-0.05, 0) is 26.3 Å². The maximum atomic E-state index is 10.7. The Morgan fingerprint density at radius 2 is 1.93 bits per heavy atom. The third-order valence-electron chi connectivity index (χ3n) is 2.70. The second-order valence-corrected chi connectivity index (χ2v) is 4.21. The molecule has 0 radical (unpaired) electrons. The first kappa shape index (κ1) is 14.4. The van der Waals surface area contributed by atoms with Crippen molar-refractivity contribution < 1.29 is 9.90 Å². The number of carboxylic acids is 1. The van der Waals surface area contributed by atoms with Crippen LogP contribution in [-0.4, -0.2) is 35.1 Å². The first-order chi connectivity index (χ1) is 7.11. The van der Waals surface area contributed by atoms with Crippen molar-refractivity contribution in [3.63, 3.8) is 0 Å². The third-order valence-corrected chi connectivity index (χ3v) is 2.70. The molecule has 0 bridgehead atoms. The molecule has 0 spiro atoms. The predicted molar refractivity (Wildman–Crippen MR) is 63.1 cm³/mol. The number of carbonyl (C=O) groups is 1. The van der Waals surface area contributed by atoms with Gasteiger partial charge in [0.2, 0.25) is 0 Å². The van der Waals surface area contributed by atoms with Crippen LogP contribution < -0.4 is 0 Å². The van der Waals surface area contributed by atoms with Gasteiger partial charge in [0.05, 0.1) is 6.54 Å². The number of rotatable bonds is 9. The molecule has 0 rings (SSSR count). The summed E-state index contributed by atoms with van der Waals surface area (Å²) < 4.78 is 0. The lowest BCUT2D eigenvalue weighted by atomic mass is 10.1. The smallest absolute Gasteiger partial charge is 0.317 e. The number of hydrogen-bond acceptors (Lipinski definition) is 2. The molecule has 0 saturated heterocycles. The van der Waals surface area contributed by atoms with E-state index in [2.05, 4.69) is 25.7 Å². The fourth-order valence-electron chi connectivity index (χ4n) is 1.79. The van der Waals surface area contributed by atoms with Gasteiger partial charge in [-0.3, -0.25) is 9.69 Å². The normalized spacial score (nSPS) is 13.1. The molecule has 1 N–H and O–H groups in total. The largest absolute Gasteiger partial charge is 0.480 e. The van der Waals surface area contributed by atoms with E-state index in [1.165, 1.54) is 19.3 Å². The minimum Gasteiger partial charge on any atom is -0.480 e. The fourth-order valence-corrected chi connectivity index (χ4v) is 1.79. The van der Waals surface area contributed by atoms with Crippen molar-refractivity contribution in [2.45, 2.75) is 58.9 Å². The Balaban J connectivity index is 3.92. The molecule has 0 saturated carbocycles. The Morgan fingerprint density at radius 3 is 2.40 bits per heavy atom. The highest BCUT2D eigenvalue weighted by atomic mass is 16.4. The molecule has 0 aromatic carbocycles. The van der Waals surface area contributed by atoms with Crippen LogP contribution in [-0.2, 0) is 4.79 Å². The van der Waals surface area contributed by atoms with Crippen molar-refractivity contribution in [2.24, 2.45) is 0 Å². The van der Waals surface area contributed by atoms with Gasteiger partial charge in [0.15, 0.2) is 0 Å². The van der Waals surface area contributed by atoms with Crippen LogP contribution in [0.1, 0.15) is 52.9 Å². The van der Waals surface area contributed by atoms with E-state index < -0.39 is 5.97 Å². The lowest BCUT2D eigenvalue weighted by Crippen LogP contribution is -2.37. The molecule has 3 heteroatoms. The van der Waals surface area contributed by atoms with Gasteiger partial charge in [-0.25, -0.2) is 0 Å². The molecule has 3 nitrogen and oxygen atoms in total. The molecule has 15 heavy (non-hydrogen) atoms. The quantitative estimate of drug-likeness (QED) is 0.601. The molecule has 1 atom stereocenters. The summed E-state index contributed by atoms with van der Waals surface area (Å²) in [6, 6.07) is 0.396. The summed E-state index contributed by atoms with van der Waals surface area (Å²) in [6.45, 7) is 7.48. The molecule has 0 aromatic rings. The first-order valence-corrected chi connectivity index (χ1v) is 6.07. The van der Waals surface area contributed by atoms with Gasteiger partial charge >= 0.3 is 5.97 Å². The summed E-state index contributed by atoms with van der Waals surface area (Å²) in [5.41, 5.74) is 0. The highest BCUT2D eigenvalue weighted by Gasteiger charge is 2.15. The lowest BCUT2D eigenvalue weighted by Gasteiger charge is -2.27. The second kappa shape index (κ2) is 8.72. The van der Waals surface area contributed by atoms with Crippen molar-refractivity contribution in [1.82, 2.24) is 4.90 Å². The van der Waals surface area contributed by atoms with Crippen molar-refractivity contribution in [2.75, 3.05) is 13.1 Å². The Morgan fingerprint density at radius 1 is 1.27 bits per heavy atom. The van der Waals surface area contributed by atoms with E-state index in [1.807, 2.05) is 0 Å². The van der Waals surface area contributed by atoms with Gasteiger partial charge in [-0.1, -0.05) is 33.1 Å². The maximum Gasteiger partial charge on any atom is 0.317 e. The van der Waals surface area contributed by atoms with Crippen LogP contribution in [0.3, 0.4) is 0 Å². The van der Waals surface area contributed by atoms with E-state index in [0.29, 0.717) is 6.04 Å². The van der Waals surface area contributed by atoms with Crippen molar-refractivity contribution in [1.29, 1.82) is 0 Å². The minimum atomic E-state index is -0.717. The van der Waals surface area contributed by atoms with E-state index >= 15 is 0 Å². The van der Waals surface area contributed by atoms with E-state index in [4.69, 9.17) is 5.11 Å². The zero-order chi connectivity index (χ0) is 11.7. The number of aliphatic carboxylic acids is 1. The van der Waals surface area contributed by atoms with Crippen molar-refractivity contribution >= 4 is 5.97 Å². The van der Waals surface area contributed by atoms with E-state index in [0.717, 1.165) is 19.4 Å². The number of nitrogens with zero attached hydrogens (tertiary/aromatic N) is 1. The zero-order valence-corrected chi connectivity index (χ0v) is 10.3. The van der Waals surface area contributed by atoms with Crippen LogP contribution >= 0.6 is 0 Å². The van der Waals surface area contributed by atoms with Gasteiger partial charge in [0.1, 0.15) is 0 Å². The first-order valence-electron chi connectivity index (χ1n) is 6.07. The molecule has 0 aliphatic rings. The minimum absolute atomic E-state index is 0.182. The second-order valence-electron chi connectivity index (χ2n) is 4.21.